The monoisotopic (exact) mass is 214 g/mol. The highest BCUT2D eigenvalue weighted by atomic mass is 16.4. The number of nitrogens with zero attached hydrogens (tertiary/aromatic N) is 2. The quantitative estimate of drug-likeness (QED) is 0.446. The van der Waals surface area contributed by atoms with Gasteiger partial charge < -0.3 is 10.8 Å². The van der Waals surface area contributed by atoms with E-state index in [1.807, 2.05) is 5.01 Å². The van der Waals surface area contributed by atoms with Gasteiger partial charge in [-0.1, -0.05) is 12.8 Å². The number of rotatable bonds is 3. The predicted molar refractivity (Wildman–Crippen MR) is 57.3 cm³/mol. The van der Waals surface area contributed by atoms with Gasteiger partial charge in [-0.2, -0.15) is 0 Å². The summed E-state index contributed by atoms with van der Waals surface area (Å²) < 4.78 is 0. The maximum atomic E-state index is 10.2. The zero-order chi connectivity index (χ0) is 11.1. The molecule has 0 atom stereocenters. The first kappa shape index (κ1) is 11.8. The van der Waals surface area contributed by atoms with Crippen molar-refractivity contribution in [3.63, 3.8) is 0 Å². The first-order chi connectivity index (χ1) is 7.18. The van der Waals surface area contributed by atoms with Crippen LogP contribution in [0.5, 0.6) is 0 Å². The Labute approximate surface area is 89.1 Å². The van der Waals surface area contributed by atoms with Crippen LogP contribution in [-0.2, 0) is 4.79 Å². The lowest BCUT2D eigenvalue weighted by molar-refractivity contribution is -0.135. The van der Waals surface area contributed by atoms with Gasteiger partial charge in [0.2, 0.25) is 5.96 Å². The molecule has 0 spiro atoms. The fourth-order valence-electron chi connectivity index (χ4n) is 1.53. The van der Waals surface area contributed by atoms with Crippen LogP contribution in [0.3, 0.4) is 0 Å². The van der Waals surface area contributed by atoms with Crippen LogP contribution in [0.2, 0.25) is 0 Å². The smallest absolute Gasteiger partial charge is 0.325 e. The molecule has 0 saturated carbocycles. The van der Waals surface area contributed by atoms with Gasteiger partial charge in [0.1, 0.15) is 6.54 Å². The van der Waals surface area contributed by atoms with Gasteiger partial charge in [-0.15, -0.1) is 0 Å². The average Bonchev–Trinajstić information content (AvgIpc) is 2.43. The van der Waals surface area contributed by atoms with Crippen LogP contribution in [0.25, 0.3) is 0 Å². The summed E-state index contributed by atoms with van der Waals surface area (Å²) in [6, 6.07) is 0. The average molecular weight is 214 g/mol. The number of aliphatic imine (C=N–C) groups is 1. The van der Waals surface area contributed by atoms with Crippen molar-refractivity contribution in [2.24, 2.45) is 10.7 Å². The number of carbonyl (C=O) groups is 1. The van der Waals surface area contributed by atoms with E-state index in [0.29, 0.717) is 0 Å². The summed E-state index contributed by atoms with van der Waals surface area (Å²) in [6.45, 7) is 1.58. The van der Waals surface area contributed by atoms with E-state index in [-0.39, 0.29) is 12.5 Å². The van der Waals surface area contributed by atoms with E-state index in [1.165, 1.54) is 12.8 Å². The number of hydrogen-bond donors (Lipinski definition) is 3. The molecule has 0 aromatic rings. The van der Waals surface area contributed by atoms with E-state index in [9.17, 15) is 4.79 Å². The Bertz CT molecular complexity index is 234. The summed E-state index contributed by atoms with van der Waals surface area (Å²) in [5.74, 6) is -0.796. The van der Waals surface area contributed by atoms with Crippen molar-refractivity contribution < 1.29 is 9.90 Å². The summed E-state index contributed by atoms with van der Waals surface area (Å²) in [7, 11) is 0. The SMILES string of the molecule is NC(=NCC(=O)O)NN1CCCCCC1. The molecule has 6 heteroatoms. The number of hydrazine groups is 1. The number of carboxylic acid groups (broad SMARTS) is 1. The van der Waals surface area contributed by atoms with Crippen LogP contribution >= 0.6 is 0 Å². The number of guanidine groups is 1. The maximum absolute atomic E-state index is 10.2. The van der Waals surface area contributed by atoms with E-state index in [2.05, 4.69) is 10.4 Å². The Hall–Kier alpha value is -1.30. The van der Waals surface area contributed by atoms with Crippen molar-refractivity contribution in [1.82, 2.24) is 10.4 Å². The van der Waals surface area contributed by atoms with Gasteiger partial charge >= 0.3 is 5.97 Å². The van der Waals surface area contributed by atoms with Gasteiger partial charge in [0.25, 0.3) is 0 Å². The molecule has 0 aromatic carbocycles. The lowest BCUT2D eigenvalue weighted by atomic mass is 10.2. The minimum Gasteiger partial charge on any atom is -0.480 e. The summed E-state index contributed by atoms with van der Waals surface area (Å²) in [5, 5.41) is 10.4. The van der Waals surface area contributed by atoms with Gasteiger partial charge in [0, 0.05) is 13.1 Å². The van der Waals surface area contributed by atoms with Crippen LogP contribution in [0, 0.1) is 0 Å². The summed E-state index contributed by atoms with van der Waals surface area (Å²) in [5.41, 5.74) is 8.45. The Morgan fingerprint density at radius 2 is 1.93 bits per heavy atom. The molecule has 1 saturated heterocycles. The molecule has 86 valence electrons. The van der Waals surface area contributed by atoms with Crippen LogP contribution in [0.1, 0.15) is 25.7 Å². The second-order valence-corrected chi connectivity index (χ2v) is 3.61. The predicted octanol–water partition coefficient (Wildman–Crippen LogP) is -0.234. The molecular formula is C9H18N4O2. The summed E-state index contributed by atoms with van der Waals surface area (Å²) >= 11 is 0. The Balaban J connectivity index is 2.31. The molecule has 0 radical (unpaired) electrons. The fraction of sp³-hybridized carbons (Fsp3) is 0.778. The minimum atomic E-state index is -0.976. The molecule has 15 heavy (non-hydrogen) atoms. The molecule has 0 aliphatic carbocycles. The van der Waals surface area contributed by atoms with E-state index >= 15 is 0 Å². The first-order valence-electron chi connectivity index (χ1n) is 5.22. The zero-order valence-corrected chi connectivity index (χ0v) is 8.78. The molecule has 1 rings (SSSR count). The fourth-order valence-corrected chi connectivity index (χ4v) is 1.53. The topological polar surface area (TPSA) is 90.9 Å². The Morgan fingerprint density at radius 1 is 1.33 bits per heavy atom. The molecule has 1 fully saturated rings. The highest BCUT2D eigenvalue weighted by Crippen LogP contribution is 2.06. The normalized spacial score (nSPS) is 19.6. The third-order valence-electron chi connectivity index (χ3n) is 2.26. The molecule has 4 N–H and O–H groups in total. The molecular weight excluding hydrogens is 196 g/mol. The molecule has 1 aliphatic rings. The number of carboxylic acids is 1. The van der Waals surface area contributed by atoms with Crippen molar-refractivity contribution >= 4 is 11.9 Å². The van der Waals surface area contributed by atoms with Gasteiger partial charge in [-0.05, 0) is 12.8 Å². The third-order valence-corrected chi connectivity index (χ3v) is 2.26. The maximum Gasteiger partial charge on any atom is 0.325 e. The van der Waals surface area contributed by atoms with Gasteiger partial charge in [-0.25, -0.2) is 10.0 Å². The zero-order valence-electron chi connectivity index (χ0n) is 8.78. The second kappa shape index (κ2) is 6.23. The third kappa shape index (κ3) is 5.21. The Kier molecular flexibility index (Phi) is 4.89. The second-order valence-electron chi connectivity index (χ2n) is 3.61. The largest absolute Gasteiger partial charge is 0.480 e. The van der Waals surface area contributed by atoms with E-state index in [4.69, 9.17) is 10.8 Å². The number of nitrogens with two attached hydrogens (primary N) is 1. The molecule has 0 aromatic heterocycles. The van der Waals surface area contributed by atoms with Crippen molar-refractivity contribution in [1.29, 1.82) is 0 Å². The van der Waals surface area contributed by atoms with Crippen LogP contribution in [0.15, 0.2) is 4.99 Å². The lowest BCUT2D eigenvalue weighted by Crippen LogP contribution is -2.46. The van der Waals surface area contributed by atoms with Crippen LogP contribution in [0.4, 0.5) is 0 Å². The van der Waals surface area contributed by atoms with Gasteiger partial charge in [0.05, 0.1) is 0 Å². The molecule has 1 heterocycles. The summed E-state index contributed by atoms with van der Waals surface area (Å²) in [4.78, 5) is 13.9. The van der Waals surface area contributed by atoms with Gasteiger partial charge in [-0.3, -0.25) is 10.2 Å². The van der Waals surface area contributed by atoms with Crippen LogP contribution < -0.4 is 11.2 Å². The van der Waals surface area contributed by atoms with Crippen molar-refractivity contribution in [2.45, 2.75) is 25.7 Å². The van der Waals surface area contributed by atoms with Crippen molar-refractivity contribution in [3.8, 4) is 0 Å². The van der Waals surface area contributed by atoms with E-state index < -0.39 is 5.97 Å². The molecule has 0 amide bonds. The molecule has 6 nitrogen and oxygen atoms in total. The van der Waals surface area contributed by atoms with E-state index in [0.717, 1.165) is 25.9 Å². The first-order valence-corrected chi connectivity index (χ1v) is 5.22. The van der Waals surface area contributed by atoms with Gasteiger partial charge in [0.15, 0.2) is 0 Å². The standard InChI is InChI=1S/C9H18N4O2/c10-9(11-7-8(14)15)12-13-5-3-1-2-4-6-13/h1-7H2,(H,14,15)(H3,10,11,12). The number of nitrogens with one attached hydrogen (secondary N) is 1. The Morgan fingerprint density at radius 3 is 2.47 bits per heavy atom. The number of aliphatic carboxylic acids is 1. The van der Waals surface area contributed by atoms with E-state index in [1.54, 1.807) is 0 Å². The minimum absolute atomic E-state index is 0.180. The van der Waals surface area contributed by atoms with Crippen molar-refractivity contribution in [3.05, 3.63) is 0 Å². The molecule has 0 unspecified atom stereocenters. The highest BCUT2D eigenvalue weighted by Gasteiger charge is 2.08. The van der Waals surface area contributed by atoms with Crippen molar-refractivity contribution in [2.75, 3.05) is 19.6 Å². The summed E-state index contributed by atoms with van der Waals surface area (Å²) in [6.07, 6.45) is 4.76. The van der Waals surface area contributed by atoms with Crippen LogP contribution in [-0.4, -0.2) is 41.7 Å². The number of hydrogen-bond acceptors (Lipinski definition) is 3. The lowest BCUT2D eigenvalue weighted by Gasteiger charge is -2.21. The highest BCUT2D eigenvalue weighted by molar-refractivity contribution is 5.80. The molecule has 0 bridgehead atoms. The molecule has 1 aliphatic heterocycles.